The van der Waals surface area contributed by atoms with E-state index >= 15 is 0 Å². The largest absolute Gasteiger partial charge is 0.490 e. The van der Waals surface area contributed by atoms with Crippen molar-refractivity contribution >= 4 is 0 Å². The first-order chi connectivity index (χ1) is 7.35. The van der Waals surface area contributed by atoms with Gasteiger partial charge in [0.2, 0.25) is 0 Å². The molecule has 0 N–H and O–H groups in total. The van der Waals surface area contributed by atoms with Crippen LogP contribution in [0.5, 0.6) is 11.5 Å². The van der Waals surface area contributed by atoms with Gasteiger partial charge in [0.15, 0.2) is 11.5 Å². The van der Waals surface area contributed by atoms with Gasteiger partial charge in [0.25, 0.3) is 0 Å². The van der Waals surface area contributed by atoms with E-state index in [0.29, 0.717) is 35.8 Å². The maximum absolute atomic E-state index is 8.82. The van der Waals surface area contributed by atoms with Crippen LogP contribution in [0.3, 0.4) is 0 Å². The SMILES string of the molecule is N#Cc1cc2c(cc1C#N)OCCCO2. The van der Waals surface area contributed by atoms with Crippen molar-refractivity contribution in [2.45, 2.75) is 6.42 Å². The summed E-state index contributed by atoms with van der Waals surface area (Å²) in [6, 6.07) is 7.03. The van der Waals surface area contributed by atoms with Gasteiger partial charge in [-0.2, -0.15) is 10.5 Å². The van der Waals surface area contributed by atoms with Gasteiger partial charge < -0.3 is 9.47 Å². The third-order valence-electron chi connectivity index (χ3n) is 2.13. The van der Waals surface area contributed by atoms with E-state index in [1.54, 1.807) is 12.1 Å². The minimum Gasteiger partial charge on any atom is -0.490 e. The number of nitriles is 2. The van der Waals surface area contributed by atoms with Crippen molar-refractivity contribution in [3.8, 4) is 23.6 Å². The Hall–Kier alpha value is -2.20. The zero-order chi connectivity index (χ0) is 10.7. The summed E-state index contributed by atoms with van der Waals surface area (Å²) < 4.78 is 10.8. The molecule has 0 bridgehead atoms. The molecule has 0 fully saturated rings. The van der Waals surface area contributed by atoms with Crippen LogP contribution >= 0.6 is 0 Å². The highest BCUT2D eigenvalue weighted by molar-refractivity contribution is 5.56. The first-order valence-corrected chi connectivity index (χ1v) is 4.59. The molecule has 4 nitrogen and oxygen atoms in total. The molecule has 0 spiro atoms. The van der Waals surface area contributed by atoms with E-state index < -0.39 is 0 Å². The van der Waals surface area contributed by atoms with E-state index in [1.165, 1.54) is 0 Å². The van der Waals surface area contributed by atoms with Crippen molar-refractivity contribution < 1.29 is 9.47 Å². The van der Waals surface area contributed by atoms with E-state index in [9.17, 15) is 0 Å². The molecule has 0 saturated carbocycles. The van der Waals surface area contributed by atoms with E-state index in [4.69, 9.17) is 20.0 Å². The summed E-state index contributed by atoms with van der Waals surface area (Å²) in [5.41, 5.74) is 0.642. The van der Waals surface area contributed by atoms with Gasteiger partial charge in [0.1, 0.15) is 12.1 Å². The molecule has 0 aromatic heterocycles. The normalized spacial score (nSPS) is 13.5. The monoisotopic (exact) mass is 200 g/mol. The summed E-state index contributed by atoms with van der Waals surface area (Å²) in [6.07, 6.45) is 0.804. The highest BCUT2D eigenvalue weighted by Gasteiger charge is 2.14. The number of rotatable bonds is 0. The van der Waals surface area contributed by atoms with Gasteiger partial charge in [-0.3, -0.25) is 0 Å². The fourth-order valence-corrected chi connectivity index (χ4v) is 1.39. The molecule has 74 valence electrons. The average Bonchev–Trinajstić information content (AvgIpc) is 2.51. The molecule has 0 radical (unpaired) electrons. The standard InChI is InChI=1S/C11H8N2O2/c12-6-8-4-10-11(5-9(8)7-13)15-3-1-2-14-10/h4-5H,1-3H2. The van der Waals surface area contributed by atoms with Crippen LogP contribution in [0.4, 0.5) is 0 Å². The molecular weight excluding hydrogens is 192 g/mol. The summed E-state index contributed by atoms with van der Waals surface area (Å²) in [4.78, 5) is 0. The Morgan fingerprint density at radius 2 is 1.40 bits per heavy atom. The first-order valence-electron chi connectivity index (χ1n) is 4.59. The second-order valence-electron chi connectivity index (χ2n) is 3.12. The topological polar surface area (TPSA) is 66.0 Å². The van der Waals surface area contributed by atoms with Gasteiger partial charge in [-0.1, -0.05) is 0 Å². The first kappa shape index (κ1) is 9.36. The molecule has 1 aromatic rings. The van der Waals surface area contributed by atoms with Gasteiger partial charge in [0.05, 0.1) is 24.3 Å². The summed E-state index contributed by atoms with van der Waals surface area (Å²) >= 11 is 0. The molecule has 1 aliphatic heterocycles. The van der Waals surface area contributed by atoms with E-state index in [0.717, 1.165) is 6.42 Å². The molecule has 4 heteroatoms. The van der Waals surface area contributed by atoms with Crippen molar-refractivity contribution in [3.63, 3.8) is 0 Å². The number of hydrogen-bond acceptors (Lipinski definition) is 4. The smallest absolute Gasteiger partial charge is 0.162 e. The molecule has 0 unspecified atom stereocenters. The Morgan fingerprint density at radius 3 is 1.80 bits per heavy atom. The van der Waals surface area contributed by atoms with Crippen LogP contribution in [0.1, 0.15) is 17.5 Å². The molecule has 1 aromatic carbocycles. The summed E-state index contributed by atoms with van der Waals surface area (Å²) in [6.45, 7) is 1.15. The average molecular weight is 200 g/mol. The van der Waals surface area contributed by atoms with Crippen LogP contribution in [0.25, 0.3) is 0 Å². The molecular formula is C11H8N2O2. The van der Waals surface area contributed by atoms with Crippen LogP contribution in [-0.4, -0.2) is 13.2 Å². The van der Waals surface area contributed by atoms with Crippen LogP contribution in [0.2, 0.25) is 0 Å². The lowest BCUT2D eigenvalue weighted by molar-refractivity contribution is 0.297. The van der Waals surface area contributed by atoms with Gasteiger partial charge in [-0.05, 0) is 0 Å². The Morgan fingerprint density at radius 1 is 0.933 bits per heavy atom. The van der Waals surface area contributed by atoms with Gasteiger partial charge in [0, 0.05) is 18.6 Å². The maximum atomic E-state index is 8.82. The third-order valence-corrected chi connectivity index (χ3v) is 2.13. The molecule has 15 heavy (non-hydrogen) atoms. The van der Waals surface area contributed by atoms with Gasteiger partial charge >= 0.3 is 0 Å². The number of nitrogens with zero attached hydrogens (tertiary/aromatic N) is 2. The minimum absolute atomic E-state index is 0.321. The van der Waals surface area contributed by atoms with E-state index in [1.807, 2.05) is 12.1 Å². The lowest BCUT2D eigenvalue weighted by Crippen LogP contribution is -1.97. The zero-order valence-corrected chi connectivity index (χ0v) is 7.99. The number of ether oxygens (including phenoxy) is 2. The Labute approximate surface area is 87.3 Å². The predicted octanol–water partition coefficient (Wildman–Crippen LogP) is 1.59. The van der Waals surface area contributed by atoms with Crippen molar-refractivity contribution in [2.24, 2.45) is 0 Å². The van der Waals surface area contributed by atoms with E-state index in [2.05, 4.69) is 0 Å². The molecule has 1 aliphatic rings. The van der Waals surface area contributed by atoms with Crippen molar-refractivity contribution in [1.29, 1.82) is 10.5 Å². The molecule has 1 heterocycles. The van der Waals surface area contributed by atoms with Crippen molar-refractivity contribution in [1.82, 2.24) is 0 Å². The maximum Gasteiger partial charge on any atom is 0.162 e. The van der Waals surface area contributed by atoms with Crippen LogP contribution < -0.4 is 9.47 Å². The number of hydrogen-bond donors (Lipinski definition) is 0. The Balaban J connectivity index is 2.53. The molecule has 0 atom stereocenters. The highest BCUT2D eigenvalue weighted by atomic mass is 16.5. The molecule has 0 saturated heterocycles. The summed E-state index contributed by atoms with van der Waals surface area (Å²) in [7, 11) is 0. The van der Waals surface area contributed by atoms with Crippen LogP contribution in [-0.2, 0) is 0 Å². The fraction of sp³-hybridized carbons (Fsp3) is 0.273. The predicted molar refractivity (Wildman–Crippen MR) is 51.5 cm³/mol. The second kappa shape index (κ2) is 3.89. The third kappa shape index (κ3) is 1.70. The lowest BCUT2D eigenvalue weighted by Gasteiger charge is -2.07. The lowest BCUT2D eigenvalue weighted by atomic mass is 10.1. The Bertz CT molecular complexity index is 426. The minimum atomic E-state index is 0.321. The van der Waals surface area contributed by atoms with Crippen molar-refractivity contribution in [2.75, 3.05) is 13.2 Å². The molecule has 0 amide bonds. The highest BCUT2D eigenvalue weighted by Crippen LogP contribution is 2.32. The fourth-order valence-electron chi connectivity index (χ4n) is 1.39. The zero-order valence-electron chi connectivity index (χ0n) is 7.99. The summed E-state index contributed by atoms with van der Waals surface area (Å²) in [5, 5.41) is 17.6. The molecule has 0 aliphatic carbocycles. The quantitative estimate of drug-likeness (QED) is 0.637. The van der Waals surface area contributed by atoms with E-state index in [-0.39, 0.29) is 0 Å². The van der Waals surface area contributed by atoms with Gasteiger partial charge in [-0.25, -0.2) is 0 Å². The van der Waals surface area contributed by atoms with Crippen LogP contribution in [0.15, 0.2) is 12.1 Å². The molecule has 2 rings (SSSR count). The second-order valence-corrected chi connectivity index (χ2v) is 3.12. The van der Waals surface area contributed by atoms with Crippen molar-refractivity contribution in [3.05, 3.63) is 23.3 Å². The Kier molecular flexibility index (Phi) is 2.43. The van der Waals surface area contributed by atoms with Crippen LogP contribution in [0, 0.1) is 22.7 Å². The number of benzene rings is 1. The van der Waals surface area contributed by atoms with Gasteiger partial charge in [-0.15, -0.1) is 0 Å². The summed E-state index contributed by atoms with van der Waals surface area (Å²) in [5.74, 6) is 1.09. The number of fused-ring (bicyclic) bond motifs is 1.